The van der Waals surface area contributed by atoms with Gasteiger partial charge < -0.3 is 0 Å². The average Bonchev–Trinajstić information content (AvgIpc) is 2.63. The summed E-state index contributed by atoms with van der Waals surface area (Å²) in [6.45, 7) is 0. The van der Waals surface area contributed by atoms with Crippen LogP contribution in [0, 0.1) is 0 Å². The molecule has 0 bridgehead atoms. The monoisotopic (exact) mass is 628 g/mol. The van der Waals surface area contributed by atoms with E-state index in [0.717, 1.165) is 0 Å². The molecule has 0 aromatic carbocycles. The summed E-state index contributed by atoms with van der Waals surface area (Å²) in [5.74, 6) is -69.6. The lowest BCUT2D eigenvalue weighted by atomic mass is 9.86. The first-order valence-electron chi connectivity index (χ1n) is 7.90. The number of rotatable bonds is 11. The fraction of sp³-hybridized carbons (Fsp3) is 1.00. The van der Waals surface area contributed by atoms with Gasteiger partial charge >= 0.3 is 68.9 Å². The van der Waals surface area contributed by atoms with Crippen molar-refractivity contribution in [2.24, 2.45) is 0 Å². The van der Waals surface area contributed by atoms with E-state index in [1.165, 1.54) is 0 Å². The normalized spacial score (nSPS) is 16.8. The molecule has 0 heterocycles. The summed E-state index contributed by atoms with van der Waals surface area (Å²) in [5, 5.41) is -8.02. The molecule has 0 aliphatic rings. The Hall–Kier alpha value is -1.56. The molecular weight excluding hydrogens is 623 g/mol. The number of halogens is 21. The van der Waals surface area contributed by atoms with Gasteiger partial charge in [0.25, 0.3) is 0 Å². The van der Waals surface area contributed by atoms with Gasteiger partial charge in [-0.25, -0.2) is 0 Å². The van der Waals surface area contributed by atoms with Gasteiger partial charge in [-0.3, -0.25) is 4.55 Å². The highest BCUT2D eigenvalue weighted by Crippen LogP contribution is 2.65. The lowest BCUT2D eigenvalue weighted by molar-refractivity contribution is -0.459. The van der Waals surface area contributed by atoms with Gasteiger partial charge in [0.1, 0.15) is 0 Å². The molecule has 0 saturated heterocycles. The van der Waals surface area contributed by atoms with Crippen LogP contribution >= 0.6 is 0 Å². The molecule has 0 aromatic rings. The van der Waals surface area contributed by atoms with E-state index in [9.17, 15) is 101 Å². The molecule has 0 amide bonds. The molecule has 25 heteroatoms. The van der Waals surface area contributed by atoms with E-state index in [2.05, 4.69) is 0 Å². The Bertz CT molecular complexity index is 946. The molecule has 0 radical (unpaired) electrons. The van der Waals surface area contributed by atoms with Crippen LogP contribution in [-0.2, 0) is 10.1 Å². The molecule has 3 nitrogen and oxygen atoms in total. The molecule has 0 aliphatic carbocycles. The second kappa shape index (κ2) is 8.72. The minimum Gasteiger partial charge on any atom is -0.281 e. The van der Waals surface area contributed by atoms with Crippen molar-refractivity contribution < 1.29 is 105 Å². The predicted molar refractivity (Wildman–Crippen MR) is 71.4 cm³/mol. The Balaban J connectivity index is 7.00. The lowest BCUT2D eigenvalue weighted by Gasteiger charge is -2.44. The van der Waals surface area contributed by atoms with E-state index in [4.69, 9.17) is 4.55 Å². The van der Waals surface area contributed by atoms with Crippen molar-refractivity contribution in [1.29, 1.82) is 0 Å². The molecule has 0 spiro atoms. The van der Waals surface area contributed by atoms with Gasteiger partial charge in [-0.05, 0) is 0 Å². The molecule has 0 aliphatic heterocycles. The second-order valence-corrected chi connectivity index (χ2v) is 8.30. The molecule has 0 saturated carbocycles. The SMILES string of the molecule is O=S(=O)(O)C(F)(F)C(F)(F)C(F)(F)C(F)(F)C(F)(F)C(F)(F)C(F)(F)C(F)(F)C(F)(F)CCC(F)(F)F. The van der Waals surface area contributed by atoms with Crippen LogP contribution in [-0.4, -0.2) is 71.8 Å². The van der Waals surface area contributed by atoms with Crippen molar-refractivity contribution in [3.8, 4) is 0 Å². The minimum absolute atomic E-state index is 3.27. The highest BCUT2D eigenvalue weighted by Gasteiger charge is 2.97. The van der Waals surface area contributed by atoms with Crippen LogP contribution in [0.5, 0.6) is 0 Å². The zero-order valence-corrected chi connectivity index (χ0v) is 16.8. The van der Waals surface area contributed by atoms with Crippen molar-refractivity contribution in [3.63, 3.8) is 0 Å². The first-order valence-corrected chi connectivity index (χ1v) is 9.34. The maximum Gasteiger partial charge on any atom is 0.438 e. The maximum absolute atomic E-state index is 13.5. The Morgan fingerprint density at radius 2 is 0.649 bits per heavy atom. The van der Waals surface area contributed by atoms with Crippen molar-refractivity contribution in [2.75, 3.05) is 0 Å². The van der Waals surface area contributed by atoms with E-state index in [0.29, 0.717) is 0 Å². The lowest BCUT2D eigenvalue weighted by Crippen LogP contribution is -2.76. The molecule has 0 fully saturated rings. The van der Waals surface area contributed by atoms with Crippen LogP contribution in [0.4, 0.5) is 92.2 Å². The van der Waals surface area contributed by atoms with Gasteiger partial charge in [-0.1, -0.05) is 0 Å². The van der Waals surface area contributed by atoms with Crippen LogP contribution in [0.1, 0.15) is 12.8 Å². The molecule has 0 aromatic heterocycles. The molecule has 0 unspecified atom stereocenters. The van der Waals surface area contributed by atoms with Gasteiger partial charge in [0.2, 0.25) is 0 Å². The zero-order chi connectivity index (χ0) is 30.9. The summed E-state index contributed by atoms with van der Waals surface area (Å²) < 4.78 is 303. The standard InChI is InChI=1S/C12H5F21O3S/c13-3(14,1-2-4(15,16)17)5(18,19)6(20,21)7(22,23)8(24,25)9(26,27)10(28,29)11(30,31)12(32,33)37(34,35)36/h1-2H2,(H,34,35,36). The highest BCUT2D eigenvalue weighted by molar-refractivity contribution is 7.87. The first kappa shape index (κ1) is 35.4. The van der Waals surface area contributed by atoms with Crippen LogP contribution in [0.3, 0.4) is 0 Å². The van der Waals surface area contributed by atoms with Crippen molar-refractivity contribution in [2.45, 2.75) is 71.7 Å². The first-order chi connectivity index (χ1) is 15.5. The van der Waals surface area contributed by atoms with Crippen LogP contribution < -0.4 is 0 Å². The fourth-order valence-electron chi connectivity index (χ4n) is 2.02. The third-order valence-corrected chi connectivity index (χ3v) is 5.14. The quantitative estimate of drug-likeness (QED) is 0.200. The summed E-state index contributed by atoms with van der Waals surface area (Å²) >= 11 is 0. The fourth-order valence-corrected chi connectivity index (χ4v) is 2.47. The minimum atomic E-state index is -9.23. The smallest absolute Gasteiger partial charge is 0.281 e. The van der Waals surface area contributed by atoms with Crippen LogP contribution in [0.25, 0.3) is 0 Å². The summed E-state index contributed by atoms with van der Waals surface area (Å²) in [4.78, 5) is 0. The average molecular weight is 628 g/mol. The topological polar surface area (TPSA) is 54.4 Å². The molecule has 0 rings (SSSR count). The van der Waals surface area contributed by atoms with Crippen LogP contribution in [0.15, 0.2) is 0 Å². The zero-order valence-electron chi connectivity index (χ0n) is 16.0. The molecule has 0 atom stereocenters. The van der Waals surface area contributed by atoms with E-state index in [1.54, 1.807) is 0 Å². The number of alkyl halides is 21. The Morgan fingerprint density at radius 3 is 0.892 bits per heavy atom. The largest absolute Gasteiger partial charge is 0.438 e. The third kappa shape index (κ3) is 4.85. The van der Waals surface area contributed by atoms with Crippen LogP contribution in [0.2, 0.25) is 0 Å². The third-order valence-electron chi connectivity index (χ3n) is 4.24. The maximum atomic E-state index is 13.5. The number of hydrogen-bond donors (Lipinski definition) is 1. The van der Waals surface area contributed by atoms with Crippen molar-refractivity contribution in [3.05, 3.63) is 0 Å². The van der Waals surface area contributed by atoms with E-state index < -0.39 is 81.8 Å². The predicted octanol–water partition coefficient (Wildman–Crippen LogP) is 6.89. The van der Waals surface area contributed by atoms with Crippen molar-refractivity contribution >= 4 is 10.1 Å². The van der Waals surface area contributed by atoms with Gasteiger partial charge in [-0.15, -0.1) is 0 Å². The second-order valence-electron chi connectivity index (χ2n) is 6.83. The number of hydrogen-bond acceptors (Lipinski definition) is 2. The van der Waals surface area contributed by atoms with Crippen molar-refractivity contribution in [1.82, 2.24) is 0 Å². The van der Waals surface area contributed by atoms with Gasteiger partial charge in [0.05, 0.1) is 0 Å². The Morgan fingerprint density at radius 1 is 0.405 bits per heavy atom. The van der Waals surface area contributed by atoms with E-state index >= 15 is 0 Å². The summed E-state index contributed by atoms with van der Waals surface area (Å²) in [6.07, 6.45) is -12.9. The summed E-state index contributed by atoms with van der Waals surface area (Å²) in [6, 6.07) is 0. The molecule has 224 valence electrons. The Labute approximate surface area is 188 Å². The van der Waals surface area contributed by atoms with Gasteiger partial charge in [0, 0.05) is 12.8 Å². The van der Waals surface area contributed by atoms with Gasteiger partial charge in [-0.2, -0.15) is 101 Å². The van der Waals surface area contributed by atoms with E-state index in [1.807, 2.05) is 0 Å². The van der Waals surface area contributed by atoms with E-state index in [-0.39, 0.29) is 0 Å². The molecule has 37 heavy (non-hydrogen) atoms. The molecular formula is C12H5F21O3S. The molecule has 1 N–H and O–H groups in total. The summed E-state index contributed by atoms with van der Waals surface area (Å²) in [7, 11) is -8.06. The highest BCUT2D eigenvalue weighted by atomic mass is 32.2. The van der Waals surface area contributed by atoms with Gasteiger partial charge in [0.15, 0.2) is 0 Å². The summed E-state index contributed by atoms with van der Waals surface area (Å²) in [5.41, 5.74) is 0. The Kier molecular flexibility index (Phi) is 8.36.